The molecule has 2 N–H and O–H groups in total. The van der Waals surface area contributed by atoms with Crippen molar-refractivity contribution in [3.63, 3.8) is 0 Å². The molecule has 0 saturated carbocycles. The second-order valence-corrected chi connectivity index (χ2v) is 4.77. The Morgan fingerprint density at radius 2 is 2.06 bits per heavy atom. The average Bonchev–Trinajstić information content (AvgIpc) is 2.66. The van der Waals surface area contributed by atoms with Crippen LogP contribution in [0.4, 0.5) is 0 Å². The van der Waals surface area contributed by atoms with Crippen molar-refractivity contribution in [1.29, 1.82) is 0 Å². The molecule has 17 heavy (non-hydrogen) atoms. The van der Waals surface area contributed by atoms with Gasteiger partial charge in [-0.15, -0.1) is 0 Å². The van der Waals surface area contributed by atoms with E-state index in [1.54, 1.807) is 0 Å². The van der Waals surface area contributed by atoms with Gasteiger partial charge in [0.25, 0.3) is 0 Å². The molecule has 1 aromatic carbocycles. The molecule has 2 aliphatic heterocycles. The number of nitrogens with zero attached hydrogens (tertiary/aromatic N) is 1. The maximum Gasteiger partial charge on any atom is 0.240 e. The number of piperazine rings is 1. The molecule has 2 saturated heterocycles. The van der Waals surface area contributed by atoms with Gasteiger partial charge in [-0.2, -0.15) is 0 Å². The van der Waals surface area contributed by atoms with E-state index in [9.17, 15) is 4.79 Å². The number of nitrogens with one attached hydrogen (secondary N) is 2. The average molecular weight is 231 g/mol. The number of carbonyl (C=O) groups excluding carboxylic acids is 1. The van der Waals surface area contributed by atoms with Crippen LogP contribution in [0.15, 0.2) is 30.3 Å². The summed E-state index contributed by atoms with van der Waals surface area (Å²) in [7, 11) is 0. The first-order chi connectivity index (χ1) is 8.25. The first-order valence-electron chi connectivity index (χ1n) is 6.10. The Hall–Kier alpha value is -1.39. The molecule has 0 bridgehead atoms. The Kier molecular flexibility index (Phi) is 2.61. The standard InChI is InChI=1S/C13H17N3O/c1-9-13(17)16-8-11(14-7-12(16)15-9)10-5-3-2-4-6-10/h2-6,9,11-12,14-15H,7-8H2,1H3. The molecule has 2 aliphatic rings. The van der Waals surface area contributed by atoms with Gasteiger partial charge in [-0.3, -0.25) is 10.1 Å². The van der Waals surface area contributed by atoms with Gasteiger partial charge in [0, 0.05) is 13.1 Å². The molecule has 4 heteroatoms. The van der Waals surface area contributed by atoms with Gasteiger partial charge in [0.05, 0.1) is 18.2 Å². The molecule has 0 aromatic heterocycles. The van der Waals surface area contributed by atoms with E-state index in [1.165, 1.54) is 5.56 Å². The fourth-order valence-electron chi connectivity index (χ4n) is 2.66. The van der Waals surface area contributed by atoms with Crippen molar-refractivity contribution in [2.45, 2.75) is 25.2 Å². The fourth-order valence-corrected chi connectivity index (χ4v) is 2.66. The van der Waals surface area contributed by atoms with Gasteiger partial charge in [-0.1, -0.05) is 30.3 Å². The van der Waals surface area contributed by atoms with Gasteiger partial charge in [-0.05, 0) is 12.5 Å². The van der Waals surface area contributed by atoms with Crippen molar-refractivity contribution >= 4 is 5.91 Å². The van der Waals surface area contributed by atoms with Gasteiger partial charge in [-0.25, -0.2) is 0 Å². The van der Waals surface area contributed by atoms with Crippen molar-refractivity contribution in [3.8, 4) is 0 Å². The van der Waals surface area contributed by atoms with Crippen molar-refractivity contribution < 1.29 is 4.79 Å². The lowest BCUT2D eigenvalue weighted by molar-refractivity contribution is -0.130. The number of carbonyl (C=O) groups is 1. The summed E-state index contributed by atoms with van der Waals surface area (Å²) in [6, 6.07) is 10.5. The fraction of sp³-hybridized carbons (Fsp3) is 0.462. The van der Waals surface area contributed by atoms with Crippen LogP contribution in [0.25, 0.3) is 0 Å². The number of hydrogen-bond donors (Lipinski definition) is 2. The third kappa shape index (κ3) is 1.83. The second kappa shape index (κ2) is 4.13. The predicted molar refractivity (Wildman–Crippen MR) is 65.3 cm³/mol. The van der Waals surface area contributed by atoms with E-state index in [2.05, 4.69) is 22.8 Å². The summed E-state index contributed by atoms with van der Waals surface area (Å²) >= 11 is 0. The lowest BCUT2D eigenvalue weighted by atomic mass is 10.0. The highest BCUT2D eigenvalue weighted by molar-refractivity contribution is 5.84. The Labute approximate surface area is 101 Å². The number of amides is 1. The summed E-state index contributed by atoms with van der Waals surface area (Å²) in [5, 5.41) is 6.78. The summed E-state index contributed by atoms with van der Waals surface area (Å²) in [5.41, 5.74) is 1.25. The molecular weight excluding hydrogens is 214 g/mol. The van der Waals surface area contributed by atoms with Gasteiger partial charge >= 0.3 is 0 Å². The maximum atomic E-state index is 12.0. The van der Waals surface area contributed by atoms with Crippen molar-refractivity contribution in [1.82, 2.24) is 15.5 Å². The van der Waals surface area contributed by atoms with E-state index < -0.39 is 0 Å². The summed E-state index contributed by atoms with van der Waals surface area (Å²) in [4.78, 5) is 13.9. The van der Waals surface area contributed by atoms with Crippen LogP contribution in [0.1, 0.15) is 18.5 Å². The van der Waals surface area contributed by atoms with Gasteiger partial charge in [0.1, 0.15) is 0 Å². The molecule has 2 heterocycles. The Morgan fingerprint density at radius 3 is 2.82 bits per heavy atom. The minimum Gasteiger partial charge on any atom is -0.323 e. The normalized spacial score (nSPS) is 32.6. The zero-order valence-electron chi connectivity index (χ0n) is 9.89. The molecule has 0 radical (unpaired) electrons. The van der Waals surface area contributed by atoms with Gasteiger partial charge in [0.15, 0.2) is 0 Å². The highest BCUT2D eigenvalue weighted by atomic mass is 16.2. The van der Waals surface area contributed by atoms with E-state index in [-0.39, 0.29) is 24.2 Å². The molecule has 1 amide bonds. The lowest BCUT2D eigenvalue weighted by Crippen LogP contribution is -2.54. The first kappa shape index (κ1) is 10.7. The van der Waals surface area contributed by atoms with E-state index in [0.29, 0.717) is 0 Å². The van der Waals surface area contributed by atoms with Crippen LogP contribution < -0.4 is 10.6 Å². The SMILES string of the molecule is CC1NC2CNC(c3ccccc3)CN2C1=O. The largest absolute Gasteiger partial charge is 0.323 e. The van der Waals surface area contributed by atoms with Crippen LogP contribution in [0, 0.1) is 0 Å². The highest BCUT2D eigenvalue weighted by Gasteiger charge is 2.40. The van der Waals surface area contributed by atoms with E-state index in [0.717, 1.165) is 13.1 Å². The summed E-state index contributed by atoms with van der Waals surface area (Å²) in [6.45, 7) is 3.50. The Balaban J connectivity index is 1.78. The topological polar surface area (TPSA) is 44.4 Å². The quantitative estimate of drug-likeness (QED) is 0.739. The van der Waals surface area contributed by atoms with Crippen molar-refractivity contribution in [2.75, 3.05) is 13.1 Å². The molecule has 0 aliphatic carbocycles. The van der Waals surface area contributed by atoms with Crippen LogP contribution in [0.2, 0.25) is 0 Å². The van der Waals surface area contributed by atoms with Crippen molar-refractivity contribution in [3.05, 3.63) is 35.9 Å². The second-order valence-electron chi connectivity index (χ2n) is 4.77. The summed E-state index contributed by atoms with van der Waals surface area (Å²) < 4.78 is 0. The van der Waals surface area contributed by atoms with Gasteiger partial charge in [0.2, 0.25) is 5.91 Å². The Morgan fingerprint density at radius 1 is 1.29 bits per heavy atom. The molecule has 4 nitrogen and oxygen atoms in total. The number of hydrogen-bond acceptors (Lipinski definition) is 3. The van der Waals surface area contributed by atoms with Crippen LogP contribution in [-0.2, 0) is 4.79 Å². The smallest absolute Gasteiger partial charge is 0.240 e. The van der Waals surface area contributed by atoms with E-state index in [4.69, 9.17) is 0 Å². The zero-order valence-corrected chi connectivity index (χ0v) is 9.89. The predicted octanol–water partition coefficient (Wildman–Crippen LogP) is 0.477. The van der Waals surface area contributed by atoms with E-state index in [1.807, 2.05) is 30.0 Å². The molecule has 0 spiro atoms. The molecular formula is C13H17N3O. The minimum absolute atomic E-state index is 0.0451. The van der Waals surface area contributed by atoms with Gasteiger partial charge < -0.3 is 10.2 Å². The monoisotopic (exact) mass is 231 g/mol. The van der Waals surface area contributed by atoms with Crippen LogP contribution in [0.5, 0.6) is 0 Å². The number of fused-ring (bicyclic) bond motifs is 1. The first-order valence-corrected chi connectivity index (χ1v) is 6.10. The zero-order chi connectivity index (χ0) is 11.8. The third-order valence-corrected chi connectivity index (χ3v) is 3.61. The van der Waals surface area contributed by atoms with Crippen LogP contribution in [0.3, 0.4) is 0 Å². The molecule has 90 valence electrons. The summed E-state index contributed by atoms with van der Waals surface area (Å²) in [6.07, 6.45) is 0.164. The molecule has 3 rings (SSSR count). The third-order valence-electron chi connectivity index (χ3n) is 3.61. The van der Waals surface area contributed by atoms with Crippen molar-refractivity contribution in [2.24, 2.45) is 0 Å². The highest BCUT2D eigenvalue weighted by Crippen LogP contribution is 2.22. The maximum absolute atomic E-state index is 12.0. The van der Waals surface area contributed by atoms with E-state index >= 15 is 0 Å². The van der Waals surface area contributed by atoms with Crippen LogP contribution in [-0.4, -0.2) is 36.1 Å². The van der Waals surface area contributed by atoms with Crippen LogP contribution >= 0.6 is 0 Å². The summed E-state index contributed by atoms with van der Waals surface area (Å²) in [5.74, 6) is 0.220. The lowest BCUT2D eigenvalue weighted by Gasteiger charge is -2.35. The molecule has 3 unspecified atom stereocenters. The molecule has 1 aromatic rings. The number of benzene rings is 1. The minimum atomic E-state index is -0.0451. The molecule has 2 fully saturated rings. The Bertz CT molecular complexity index is 420. The molecule has 3 atom stereocenters. The number of rotatable bonds is 1.